The Balaban J connectivity index is 1.03. The minimum atomic E-state index is 1.23. The van der Waals surface area contributed by atoms with Crippen LogP contribution in [0.4, 0.5) is 0 Å². The second-order valence-corrected chi connectivity index (χ2v) is 12.9. The summed E-state index contributed by atoms with van der Waals surface area (Å²) in [6.07, 6.45) is 0. The Morgan fingerprint density at radius 3 is 1.21 bits per heavy atom. The topological polar surface area (TPSA) is 0 Å². The fourth-order valence-electron chi connectivity index (χ4n) is 7.78. The summed E-state index contributed by atoms with van der Waals surface area (Å²) in [6.45, 7) is 0. The van der Waals surface area contributed by atoms with Crippen LogP contribution in [0, 0.1) is 0 Å². The molecule has 0 N–H and O–H groups in total. The van der Waals surface area contributed by atoms with Crippen molar-refractivity contribution in [1.82, 2.24) is 0 Å². The molecule has 10 aromatic rings. The Morgan fingerprint density at radius 2 is 0.583 bits per heavy atom. The number of fused-ring (bicyclic) bond motifs is 9. The first-order chi connectivity index (χ1) is 23.8. The molecule has 0 radical (unpaired) electrons. The molecule has 222 valence electrons. The van der Waals surface area contributed by atoms with Crippen molar-refractivity contribution in [1.29, 1.82) is 0 Å². The quantitative estimate of drug-likeness (QED) is 0.176. The lowest BCUT2D eigenvalue weighted by molar-refractivity contribution is 1.62. The number of benzene rings is 10. The average Bonchev–Trinajstić information content (AvgIpc) is 3.17. The van der Waals surface area contributed by atoms with Crippen molar-refractivity contribution >= 4 is 64.6 Å². The molecule has 0 spiro atoms. The van der Waals surface area contributed by atoms with Gasteiger partial charge in [-0.25, -0.2) is 0 Å². The van der Waals surface area contributed by atoms with Gasteiger partial charge in [-0.2, -0.15) is 0 Å². The van der Waals surface area contributed by atoms with E-state index in [1.807, 2.05) is 0 Å². The van der Waals surface area contributed by atoms with Crippen LogP contribution in [0.5, 0.6) is 0 Å². The third-order valence-corrected chi connectivity index (χ3v) is 10.2. The van der Waals surface area contributed by atoms with Gasteiger partial charge in [0.25, 0.3) is 0 Å². The Bertz CT molecular complexity index is 2890. The summed E-state index contributed by atoms with van der Waals surface area (Å²) in [6, 6.07) is 67.1. The molecule has 0 heteroatoms. The Hall–Kier alpha value is -6.24. The van der Waals surface area contributed by atoms with Gasteiger partial charge in [0.05, 0.1) is 0 Å². The molecule has 0 aliphatic carbocycles. The zero-order valence-corrected chi connectivity index (χ0v) is 26.3. The van der Waals surface area contributed by atoms with E-state index in [1.165, 1.54) is 98.0 Å². The minimum absolute atomic E-state index is 1.23. The molecule has 0 saturated carbocycles. The van der Waals surface area contributed by atoms with Crippen LogP contribution in [0.1, 0.15) is 0 Å². The fourth-order valence-corrected chi connectivity index (χ4v) is 7.78. The van der Waals surface area contributed by atoms with Gasteiger partial charge in [-0.05, 0) is 128 Å². The zero-order valence-electron chi connectivity index (χ0n) is 26.3. The predicted molar refractivity (Wildman–Crippen MR) is 208 cm³/mol. The first-order valence-corrected chi connectivity index (χ1v) is 16.7. The van der Waals surface area contributed by atoms with Gasteiger partial charge in [-0.1, -0.05) is 152 Å². The predicted octanol–water partition coefficient (Wildman–Crippen LogP) is 13.6. The molecule has 0 aliphatic heterocycles. The van der Waals surface area contributed by atoms with Gasteiger partial charge in [-0.15, -0.1) is 0 Å². The summed E-state index contributed by atoms with van der Waals surface area (Å²) < 4.78 is 0. The molecule has 10 rings (SSSR count). The largest absolute Gasteiger partial charge is 0.0616 e. The molecule has 0 aromatic heterocycles. The van der Waals surface area contributed by atoms with Gasteiger partial charge in [0, 0.05) is 0 Å². The fraction of sp³-hybridized carbons (Fsp3) is 0. The van der Waals surface area contributed by atoms with E-state index in [0.29, 0.717) is 0 Å². The molecule has 0 nitrogen and oxygen atoms in total. The molecule has 0 fully saturated rings. The third kappa shape index (κ3) is 4.31. The van der Waals surface area contributed by atoms with E-state index in [2.05, 4.69) is 182 Å². The smallest absolute Gasteiger partial charge is 0.00988 e. The van der Waals surface area contributed by atoms with Crippen molar-refractivity contribution in [2.75, 3.05) is 0 Å². The Morgan fingerprint density at radius 1 is 0.188 bits per heavy atom. The molecule has 48 heavy (non-hydrogen) atoms. The molecule has 0 atom stereocenters. The van der Waals surface area contributed by atoms with Crippen LogP contribution < -0.4 is 0 Å². The highest BCUT2D eigenvalue weighted by Gasteiger charge is 2.11. The summed E-state index contributed by atoms with van der Waals surface area (Å²) in [5, 5.41) is 15.4. The van der Waals surface area contributed by atoms with E-state index in [0.717, 1.165) is 0 Å². The van der Waals surface area contributed by atoms with E-state index in [4.69, 9.17) is 0 Å². The molecule has 0 amide bonds. The summed E-state index contributed by atoms with van der Waals surface area (Å²) in [7, 11) is 0. The molecule has 0 saturated heterocycles. The first-order valence-electron chi connectivity index (χ1n) is 16.7. The molecular formula is C48H30. The van der Waals surface area contributed by atoms with E-state index in [-0.39, 0.29) is 0 Å². The van der Waals surface area contributed by atoms with Crippen LogP contribution in [0.15, 0.2) is 182 Å². The van der Waals surface area contributed by atoms with Crippen molar-refractivity contribution in [3.05, 3.63) is 182 Å². The van der Waals surface area contributed by atoms with Crippen LogP contribution >= 0.6 is 0 Å². The van der Waals surface area contributed by atoms with Crippen molar-refractivity contribution in [3.63, 3.8) is 0 Å². The minimum Gasteiger partial charge on any atom is -0.0616 e. The van der Waals surface area contributed by atoms with Crippen LogP contribution in [0.25, 0.3) is 98.0 Å². The van der Waals surface area contributed by atoms with Crippen molar-refractivity contribution in [2.24, 2.45) is 0 Å². The molecule has 10 aromatic carbocycles. The second-order valence-electron chi connectivity index (χ2n) is 12.9. The van der Waals surface area contributed by atoms with Crippen molar-refractivity contribution in [2.45, 2.75) is 0 Å². The maximum absolute atomic E-state index is 2.36. The monoisotopic (exact) mass is 606 g/mol. The van der Waals surface area contributed by atoms with Crippen LogP contribution in [-0.4, -0.2) is 0 Å². The number of hydrogen-bond acceptors (Lipinski definition) is 0. The van der Waals surface area contributed by atoms with E-state index in [9.17, 15) is 0 Å². The summed E-state index contributed by atoms with van der Waals surface area (Å²) in [5.41, 5.74) is 7.46. The highest BCUT2D eigenvalue weighted by molar-refractivity contribution is 6.15. The van der Waals surface area contributed by atoms with Crippen LogP contribution in [0.2, 0.25) is 0 Å². The molecule has 0 heterocycles. The zero-order chi connectivity index (χ0) is 31.6. The average molecular weight is 607 g/mol. The highest BCUT2D eigenvalue weighted by Crippen LogP contribution is 2.38. The third-order valence-electron chi connectivity index (χ3n) is 10.2. The summed E-state index contributed by atoms with van der Waals surface area (Å²) in [5.74, 6) is 0. The van der Waals surface area contributed by atoms with E-state index in [1.54, 1.807) is 0 Å². The molecule has 0 unspecified atom stereocenters. The van der Waals surface area contributed by atoms with Gasteiger partial charge in [0.2, 0.25) is 0 Å². The second kappa shape index (κ2) is 10.7. The standard InChI is InChI=1S/C48H30/c1-3-12-41-31(8-1)16-17-37-27-34(20-23-43(37)41)32-10-7-11-33(26-32)35-21-24-44-38(28-35)18-19-39-29-40(22-25-45(39)44)48-30-36-9-2-4-13-42(36)46-14-5-6-15-47(46)48/h1-30H. The van der Waals surface area contributed by atoms with Crippen molar-refractivity contribution < 1.29 is 0 Å². The van der Waals surface area contributed by atoms with Gasteiger partial charge in [-0.3, -0.25) is 0 Å². The van der Waals surface area contributed by atoms with Gasteiger partial charge >= 0.3 is 0 Å². The maximum atomic E-state index is 2.36. The number of rotatable bonds is 3. The Kier molecular flexibility index (Phi) is 5.98. The van der Waals surface area contributed by atoms with Gasteiger partial charge < -0.3 is 0 Å². The lowest BCUT2D eigenvalue weighted by Gasteiger charge is -2.13. The summed E-state index contributed by atoms with van der Waals surface area (Å²) >= 11 is 0. The summed E-state index contributed by atoms with van der Waals surface area (Å²) in [4.78, 5) is 0. The van der Waals surface area contributed by atoms with Gasteiger partial charge in [0.1, 0.15) is 0 Å². The lowest BCUT2D eigenvalue weighted by atomic mass is 9.91. The molecule has 0 bridgehead atoms. The molecule has 0 aliphatic rings. The molecular weight excluding hydrogens is 577 g/mol. The van der Waals surface area contributed by atoms with Crippen LogP contribution in [0.3, 0.4) is 0 Å². The normalized spacial score (nSPS) is 11.8. The van der Waals surface area contributed by atoms with E-state index < -0.39 is 0 Å². The maximum Gasteiger partial charge on any atom is -0.00988 e. The SMILES string of the molecule is c1cc(-c2ccc3c(ccc4ccccc43)c2)cc(-c2ccc3c(ccc4cc(-c5cc6ccccc6c6ccccc56)ccc43)c2)c1. The van der Waals surface area contributed by atoms with E-state index >= 15 is 0 Å². The van der Waals surface area contributed by atoms with Crippen LogP contribution in [-0.2, 0) is 0 Å². The van der Waals surface area contributed by atoms with Crippen molar-refractivity contribution in [3.8, 4) is 33.4 Å². The lowest BCUT2D eigenvalue weighted by Crippen LogP contribution is -1.86. The first kappa shape index (κ1) is 26.9. The highest BCUT2D eigenvalue weighted by atomic mass is 14.1. The Labute approximate surface area is 279 Å². The number of hydrogen-bond donors (Lipinski definition) is 0. The van der Waals surface area contributed by atoms with Gasteiger partial charge in [0.15, 0.2) is 0 Å².